The predicted octanol–water partition coefficient (Wildman–Crippen LogP) is -0.669. The van der Waals surface area contributed by atoms with Crippen LogP contribution >= 0.6 is 0 Å². The zero-order valence-corrected chi connectivity index (χ0v) is 7.40. The smallest absolute Gasteiger partial charge is 0.135 e. The van der Waals surface area contributed by atoms with Crippen LogP contribution in [-0.2, 0) is 18.2 Å². The van der Waals surface area contributed by atoms with Crippen molar-refractivity contribution in [3.63, 3.8) is 0 Å². The highest BCUT2D eigenvalue weighted by molar-refractivity contribution is 4.87. The third kappa shape index (κ3) is 2.02. The molecule has 0 aromatic carbocycles. The second-order valence-corrected chi connectivity index (χ2v) is 2.66. The lowest BCUT2D eigenvalue weighted by molar-refractivity contribution is 0.107. The van der Waals surface area contributed by atoms with Gasteiger partial charge in [-0.1, -0.05) is 0 Å². The fourth-order valence-electron chi connectivity index (χ4n) is 0.958. The summed E-state index contributed by atoms with van der Waals surface area (Å²) in [6.07, 6.45) is 2.41. The van der Waals surface area contributed by atoms with Gasteiger partial charge in [0.15, 0.2) is 0 Å². The zero-order valence-electron chi connectivity index (χ0n) is 7.40. The molecule has 1 atom stereocenters. The summed E-state index contributed by atoms with van der Waals surface area (Å²) in [6.45, 7) is 0.503. The monoisotopic (exact) mass is 170 g/mol. The molecular weight excluding hydrogens is 156 g/mol. The Morgan fingerprint density at radius 1 is 1.75 bits per heavy atom. The van der Waals surface area contributed by atoms with Crippen LogP contribution in [-0.4, -0.2) is 34.5 Å². The molecule has 0 aliphatic heterocycles. The second kappa shape index (κ2) is 4.18. The van der Waals surface area contributed by atoms with Crippen molar-refractivity contribution in [2.75, 3.05) is 13.7 Å². The van der Waals surface area contributed by atoms with Crippen molar-refractivity contribution in [2.24, 2.45) is 12.8 Å². The molecule has 0 spiro atoms. The zero-order chi connectivity index (χ0) is 8.97. The number of hydrogen-bond acceptors (Lipinski definition) is 4. The molecule has 5 heteroatoms. The van der Waals surface area contributed by atoms with E-state index in [-0.39, 0.29) is 6.10 Å². The van der Waals surface area contributed by atoms with Crippen molar-refractivity contribution >= 4 is 0 Å². The minimum atomic E-state index is 0.0351. The van der Waals surface area contributed by atoms with E-state index >= 15 is 0 Å². The van der Waals surface area contributed by atoms with Gasteiger partial charge in [0.05, 0.1) is 6.10 Å². The fourth-order valence-corrected chi connectivity index (χ4v) is 0.958. The lowest BCUT2D eigenvalue weighted by Gasteiger charge is -2.11. The van der Waals surface area contributed by atoms with Crippen molar-refractivity contribution in [2.45, 2.75) is 12.5 Å². The summed E-state index contributed by atoms with van der Waals surface area (Å²) >= 11 is 0. The van der Waals surface area contributed by atoms with E-state index in [1.165, 1.54) is 0 Å². The van der Waals surface area contributed by atoms with Crippen molar-refractivity contribution < 1.29 is 4.74 Å². The van der Waals surface area contributed by atoms with Gasteiger partial charge in [-0.15, -0.1) is 10.2 Å². The SMILES string of the molecule is COC(CN)Cc1nncn1C. The largest absolute Gasteiger partial charge is 0.380 e. The summed E-state index contributed by atoms with van der Waals surface area (Å²) in [6, 6.07) is 0. The molecule has 0 saturated heterocycles. The first-order valence-electron chi connectivity index (χ1n) is 3.83. The predicted molar refractivity (Wildman–Crippen MR) is 44.6 cm³/mol. The average molecular weight is 170 g/mol. The van der Waals surface area contributed by atoms with Gasteiger partial charge in [-0.05, 0) is 0 Å². The maximum atomic E-state index is 5.47. The van der Waals surface area contributed by atoms with Crippen LogP contribution in [0.2, 0.25) is 0 Å². The van der Waals surface area contributed by atoms with E-state index in [9.17, 15) is 0 Å². The number of ether oxygens (including phenoxy) is 1. The summed E-state index contributed by atoms with van der Waals surface area (Å²) in [7, 11) is 3.55. The molecule has 5 nitrogen and oxygen atoms in total. The highest BCUT2D eigenvalue weighted by Gasteiger charge is 2.09. The quantitative estimate of drug-likeness (QED) is 0.651. The molecule has 0 radical (unpaired) electrons. The van der Waals surface area contributed by atoms with E-state index in [0.717, 1.165) is 5.82 Å². The summed E-state index contributed by atoms with van der Waals surface area (Å²) in [5.74, 6) is 0.896. The number of rotatable bonds is 4. The van der Waals surface area contributed by atoms with Gasteiger partial charge in [0.2, 0.25) is 0 Å². The molecule has 0 fully saturated rings. The molecule has 1 rings (SSSR count). The van der Waals surface area contributed by atoms with Gasteiger partial charge < -0.3 is 15.0 Å². The number of methoxy groups -OCH3 is 1. The van der Waals surface area contributed by atoms with Crippen LogP contribution in [0.15, 0.2) is 6.33 Å². The topological polar surface area (TPSA) is 66.0 Å². The van der Waals surface area contributed by atoms with Gasteiger partial charge in [0, 0.05) is 27.1 Å². The standard InChI is InChI=1S/C7H14N4O/c1-11-5-9-10-7(11)3-6(4-8)12-2/h5-6H,3-4,8H2,1-2H3. The Kier molecular flexibility index (Phi) is 3.19. The molecule has 0 amide bonds. The maximum Gasteiger partial charge on any atom is 0.135 e. The minimum Gasteiger partial charge on any atom is -0.380 e. The van der Waals surface area contributed by atoms with Gasteiger partial charge in [0.1, 0.15) is 12.2 Å². The molecule has 1 heterocycles. The molecular formula is C7H14N4O. The lowest BCUT2D eigenvalue weighted by atomic mass is 10.2. The van der Waals surface area contributed by atoms with Gasteiger partial charge in [-0.2, -0.15) is 0 Å². The van der Waals surface area contributed by atoms with E-state index in [1.807, 2.05) is 11.6 Å². The third-order valence-corrected chi connectivity index (χ3v) is 1.81. The molecule has 1 unspecified atom stereocenters. The Bertz CT molecular complexity index is 231. The van der Waals surface area contributed by atoms with Crippen LogP contribution in [0.3, 0.4) is 0 Å². The van der Waals surface area contributed by atoms with Crippen LogP contribution < -0.4 is 5.73 Å². The van der Waals surface area contributed by atoms with Crippen molar-refractivity contribution in [1.29, 1.82) is 0 Å². The number of nitrogens with two attached hydrogens (primary N) is 1. The van der Waals surface area contributed by atoms with E-state index in [2.05, 4.69) is 10.2 Å². The number of hydrogen-bond donors (Lipinski definition) is 1. The molecule has 1 aromatic heterocycles. The minimum absolute atomic E-state index is 0.0351. The van der Waals surface area contributed by atoms with Crippen LogP contribution in [0.4, 0.5) is 0 Å². The van der Waals surface area contributed by atoms with E-state index < -0.39 is 0 Å². The number of aryl methyl sites for hydroxylation is 1. The molecule has 0 aliphatic carbocycles. The Morgan fingerprint density at radius 3 is 2.92 bits per heavy atom. The van der Waals surface area contributed by atoms with Crippen LogP contribution in [0.1, 0.15) is 5.82 Å². The summed E-state index contributed by atoms with van der Waals surface area (Å²) in [5.41, 5.74) is 5.47. The van der Waals surface area contributed by atoms with E-state index in [4.69, 9.17) is 10.5 Å². The Labute approximate surface area is 71.5 Å². The van der Waals surface area contributed by atoms with Gasteiger partial charge in [0.25, 0.3) is 0 Å². The molecule has 1 aromatic rings. The first-order valence-corrected chi connectivity index (χ1v) is 3.83. The van der Waals surface area contributed by atoms with E-state index in [1.54, 1.807) is 13.4 Å². The molecule has 2 N–H and O–H groups in total. The summed E-state index contributed by atoms with van der Waals surface area (Å²) in [4.78, 5) is 0. The number of nitrogens with zero attached hydrogens (tertiary/aromatic N) is 3. The van der Waals surface area contributed by atoms with Crippen molar-refractivity contribution in [3.8, 4) is 0 Å². The Morgan fingerprint density at radius 2 is 2.50 bits per heavy atom. The third-order valence-electron chi connectivity index (χ3n) is 1.81. The average Bonchev–Trinajstić information content (AvgIpc) is 2.47. The van der Waals surface area contributed by atoms with E-state index in [0.29, 0.717) is 13.0 Å². The van der Waals surface area contributed by atoms with Crippen LogP contribution in [0.25, 0.3) is 0 Å². The van der Waals surface area contributed by atoms with Crippen molar-refractivity contribution in [1.82, 2.24) is 14.8 Å². The highest BCUT2D eigenvalue weighted by atomic mass is 16.5. The van der Waals surface area contributed by atoms with Crippen LogP contribution in [0, 0.1) is 0 Å². The summed E-state index contributed by atoms with van der Waals surface area (Å²) < 4.78 is 6.98. The maximum absolute atomic E-state index is 5.47. The Balaban J connectivity index is 2.56. The molecule has 0 saturated carbocycles. The van der Waals surface area contributed by atoms with Gasteiger partial charge in [-0.3, -0.25) is 0 Å². The molecule has 0 aliphatic rings. The Hall–Kier alpha value is -0.940. The first kappa shape index (κ1) is 9.15. The fraction of sp³-hybridized carbons (Fsp3) is 0.714. The van der Waals surface area contributed by atoms with Gasteiger partial charge >= 0.3 is 0 Å². The molecule has 68 valence electrons. The normalized spacial score (nSPS) is 13.2. The molecule has 12 heavy (non-hydrogen) atoms. The van der Waals surface area contributed by atoms with Gasteiger partial charge in [-0.25, -0.2) is 0 Å². The second-order valence-electron chi connectivity index (χ2n) is 2.66. The number of aromatic nitrogens is 3. The van der Waals surface area contributed by atoms with Crippen LogP contribution in [0.5, 0.6) is 0 Å². The first-order chi connectivity index (χ1) is 5.77. The lowest BCUT2D eigenvalue weighted by Crippen LogP contribution is -2.25. The highest BCUT2D eigenvalue weighted by Crippen LogP contribution is 1.99. The van der Waals surface area contributed by atoms with Crippen molar-refractivity contribution in [3.05, 3.63) is 12.2 Å². The summed E-state index contributed by atoms with van der Waals surface area (Å²) in [5, 5.41) is 7.69. The molecule has 0 bridgehead atoms.